The number of ether oxygens (including phenoxy) is 2. The van der Waals surface area contributed by atoms with Crippen LogP contribution in [0.4, 0.5) is 4.79 Å². The topological polar surface area (TPSA) is 89.0 Å². The van der Waals surface area contributed by atoms with Gasteiger partial charge in [-0.3, -0.25) is 9.78 Å². The fourth-order valence-corrected chi connectivity index (χ4v) is 3.32. The van der Waals surface area contributed by atoms with Crippen molar-refractivity contribution < 1.29 is 23.9 Å². The van der Waals surface area contributed by atoms with E-state index in [1.165, 1.54) is 7.11 Å². The summed E-state index contributed by atoms with van der Waals surface area (Å²) in [6.07, 6.45) is 2.93. The number of piperazine rings is 1. The minimum Gasteiger partial charge on any atom is -0.465 e. The van der Waals surface area contributed by atoms with E-state index in [4.69, 9.17) is 9.47 Å². The van der Waals surface area contributed by atoms with Crippen LogP contribution >= 0.6 is 0 Å². The van der Waals surface area contributed by atoms with Gasteiger partial charge < -0.3 is 19.3 Å². The highest BCUT2D eigenvalue weighted by Crippen LogP contribution is 2.24. The predicted molar refractivity (Wildman–Crippen MR) is 115 cm³/mol. The second kappa shape index (κ2) is 9.16. The van der Waals surface area contributed by atoms with Gasteiger partial charge in [0.25, 0.3) is 5.91 Å². The highest BCUT2D eigenvalue weighted by Gasteiger charge is 2.30. The molecule has 1 aromatic heterocycles. The van der Waals surface area contributed by atoms with Gasteiger partial charge in [-0.15, -0.1) is 0 Å². The monoisotopic (exact) mass is 425 g/mol. The minimum atomic E-state index is -0.577. The van der Waals surface area contributed by atoms with Crippen LogP contribution < -0.4 is 0 Å². The number of hydrogen-bond donors (Lipinski definition) is 0. The van der Waals surface area contributed by atoms with Gasteiger partial charge >= 0.3 is 12.1 Å². The fraction of sp³-hybridized carbons (Fsp3) is 0.391. The second-order valence-corrected chi connectivity index (χ2v) is 8.25. The van der Waals surface area contributed by atoms with Crippen LogP contribution in [0.3, 0.4) is 0 Å². The largest absolute Gasteiger partial charge is 0.465 e. The molecule has 0 bridgehead atoms. The van der Waals surface area contributed by atoms with Crippen molar-refractivity contribution in [3.63, 3.8) is 0 Å². The maximum Gasteiger partial charge on any atom is 0.410 e. The van der Waals surface area contributed by atoms with E-state index >= 15 is 0 Å². The highest BCUT2D eigenvalue weighted by molar-refractivity contribution is 6.06. The first-order valence-corrected chi connectivity index (χ1v) is 10.1. The number of benzene rings is 1. The van der Waals surface area contributed by atoms with Crippen LogP contribution in [0, 0.1) is 0 Å². The number of amides is 2. The predicted octanol–water partition coefficient (Wildman–Crippen LogP) is 3.23. The number of nitrogens with zero attached hydrogens (tertiary/aromatic N) is 3. The molecule has 1 aliphatic heterocycles. The third kappa shape index (κ3) is 5.39. The lowest BCUT2D eigenvalue weighted by molar-refractivity contribution is 0.0141. The smallest absolute Gasteiger partial charge is 0.410 e. The average molecular weight is 425 g/mol. The number of aromatic nitrogens is 1. The molecule has 0 saturated carbocycles. The Labute approximate surface area is 181 Å². The molecular formula is C23H27N3O5. The lowest BCUT2D eigenvalue weighted by Crippen LogP contribution is -2.51. The van der Waals surface area contributed by atoms with Gasteiger partial charge in [-0.25, -0.2) is 9.59 Å². The second-order valence-electron chi connectivity index (χ2n) is 8.25. The van der Waals surface area contributed by atoms with Crippen molar-refractivity contribution in [1.29, 1.82) is 0 Å². The Balaban J connectivity index is 1.77. The molecule has 0 spiro atoms. The normalized spacial score (nSPS) is 14.2. The number of hydrogen-bond acceptors (Lipinski definition) is 6. The zero-order valence-electron chi connectivity index (χ0n) is 18.3. The van der Waals surface area contributed by atoms with Gasteiger partial charge in [-0.2, -0.15) is 0 Å². The molecule has 2 heterocycles. The molecule has 0 N–H and O–H groups in total. The number of carbonyl (C=O) groups is 3. The molecule has 2 amide bonds. The van der Waals surface area contributed by atoms with Gasteiger partial charge in [0.05, 0.1) is 18.2 Å². The van der Waals surface area contributed by atoms with Crippen molar-refractivity contribution in [3.8, 4) is 11.1 Å². The third-order valence-corrected chi connectivity index (χ3v) is 4.89. The SMILES string of the molecule is COC(=O)c1cc(-c2ccncc2)ccc1C(=O)N1CCN(C(=O)OC(C)(C)C)CC1. The Morgan fingerprint density at radius 2 is 1.48 bits per heavy atom. The van der Waals surface area contributed by atoms with E-state index in [2.05, 4.69) is 4.98 Å². The Morgan fingerprint density at radius 1 is 0.871 bits per heavy atom. The summed E-state index contributed by atoms with van der Waals surface area (Å²) in [5.74, 6) is -0.850. The molecule has 0 atom stereocenters. The molecule has 0 aliphatic carbocycles. The van der Waals surface area contributed by atoms with E-state index in [1.54, 1.807) is 40.4 Å². The lowest BCUT2D eigenvalue weighted by Gasteiger charge is -2.35. The summed E-state index contributed by atoms with van der Waals surface area (Å²) >= 11 is 0. The molecule has 1 fully saturated rings. The zero-order chi connectivity index (χ0) is 22.6. The maximum atomic E-state index is 13.2. The van der Waals surface area contributed by atoms with Gasteiger partial charge in [-0.05, 0) is 56.2 Å². The highest BCUT2D eigenvalue weighted by atomic mass is 16.6. The molecule has 31 heavy (non-hydrogen) atoms. The van der Waals surface area contributed by atoms with Crippen LogP contribution in [0.5, 0.6) is 0 Å². The van der Waals surface area contributed by atoms with Crippen molar-refractivity contribution in [2.24, 2.45) is 0 Å². The maximum absolute atomic E-state index is 13.2. The molecule has 1 aliphatic rings. The summed E-state index contributed by atoms with van der Waals surface area (Å²) in [4.78, 5) is 45.0. The van der Waals surface area contributed by atoms with Crippen molar-refractivity contribution in [1.82, 2.24) is 14.8 Å². The van der Waals surface area contributed by atoms with Crippen LogP contribution in [0.25, 0.3) is 11.1 Å². The Hall–Kier alpha value is -3.42. The summed E-state index contributed by atoms with van der Waals surface area (Å²) < 4.78 is 10.3. The van der Waals surface area contributed by atoms with Gasteiger partial charge in [0.2, 0.25) is 0 Å². The van der Waals surface area contributed by atoms with Crippen molar-refractivity contribution >= 4 is 18.0 Å². The van der Waals surface area contributed by atoms with Gasteiger partial charge in [0.15, 0.2) is 0 Å². The van der Waals surface area contributed by atoms with Crippen LogP contribution in [0.1, 0.15) is 41.5 Å². The number of esters is 1. The van der Waals surface area contributed by atoms with E-state index in [9.17, 15) is 14.4 Å². The first-order chi connectivity index (χ1) is 14.7. The van der Waals surface area contributed by atoms with Crippen molar-refractivity contribution in [3.05, 3.63) is 53.9 Å². The van der Waals surface area contributed by atoms with Crippen LogP contribution in [-0.2, 0) is 9.47 Å². The minimum absolute atomic E-state index is 0.205. The van der Waals surface area contributed by atoms with Crippen molar-refractivity contribution in [2.45, 2.75) is 26.4 Å². The molecule has 8 nitrogen and oxygen atoms in total. The summed E-state index contributed by atoms with van der Waals surface area (Å²) in [6.45, 7) is 6.88. The molecule has 0 radical (unpaired) electrons. The first-order valence-electron chi connectivity index (χ1n) is 10.1. The molecule has 2 aromatic rings. The molecule has 1 saturated heterocycles. The van der Waals surface area contributed by atoms with Gasteiger partial charge in [0, 0.05) is 38.6 Å². The van der Waals surface area contributed by atoms with E-state index in [1.807, 2.05) is 32.9 Å². The molecular weight excluding hydrogens is 398 g/mol. The van der Waals surface area contributed by atoms with Gasteiger partial charge in [-0.1, -0.05) is 6.07 Å². The van der Waals surface area contributed by atoms with Gasteiger partial charge in [0.1, 0.15) is 5.60 Å². The van der Waals surface area contributed by atoms with E-state index in [0.717, 1.165) is 11.1 Å². The first kappa shape index (κ1) is 22.3. The standard InChI is InChI=1S/C23H27N3O5/c1-23(2,3)31-22(29)26-13-11-25(12-14-26)20(27)18-6-5-17(15-19(18)21(28)30-4)16-7-9-24-10-8-16/h5-10,15H,11-14H2,1-4H3. The Bertz CT molecular complexity index is 961. The quantitative estimate of drug-likeness (QED) is 0.702. The number of pyridine rings is 1. The van der Waals surface area contributed by atoms with Crippen LogP contribution in [-0.4, -0.2) is 71.6 Å². The lowest BCUT2D eigenvalue weighted by atomic mass is 9.98. The third-order valence-electron chi connectivity index (χ3n) is 4.89. The molecule has 3 rings (SSSR count). The summed E-state index contributed by atoms with van der Waals surface area (Å²) in [5.41, 5.74) is 1.57. The Kier molecular flexibility index (Phi) is 6.58. The molecule has 1 aromatic carbocycles. The summed E-state index contributed by atoms with van der Waals surface area (Å²) in [7, 11) is 1.29. The molecule has 164 valence electrons. The van der Waals surface area contributed by atoms with E-state index < -0.39 is 17.7 Å². The van der Waals surface area contributed by atoms with Crippen LogP contribution in [0.2, 0.25) is 0 Å². The van der Waals surface area contributed by atoms with E-state index in [-0.39, 0.29) is 17.0 Å². The van der Waals surface area contributed by atoms with Crippen LogP contribution in [0.15, 0.2) is 42.7 Å². The molecule has 8 heteroatoms. The average Bonchev–Trinajstić information content (AvgIpc) is 2.77. The summed E-state index contributed by atoms with van der Waals surface area (Å²) in [6, 6.07) is 8.75. The zero-order valence-corrected chi connectivity index (χ0v) is 18.3. The molecule has 0 unspecified atom stereocenters. The van der Waals surface area contributed by atoms with Crippen molar-refractivity contribution in [2.75, 3.05) is 33.3 Å². The number of carbonyl (C=O) groups excluding carboxylic acids is 3. The fourth-order valence-electron chi connectivity index (χ4n) is 3.32. The number of rotatable bonds is 3. The number of methoxy groups -OCH3 is 1. The Morgan fingerprint density at radius 3 is 2.06 bits per heavy atom. The summed E-state index contributed by atoms with van der Waals surface area (Å²) in [5, 5.41) is 0. The van der Waals surface area contributed by atoms with E-state index in [0.29, 0.717) is 26.2 Å².